The topological polar surface area (TPSA) is 76.1 Å². The molecule has 128 valence electrons. The number of carbonyl (C=O) groups is 1. The SMILES string of the molecule is COCCNc1nccnc1C(=O)Nc1ccc(C(F)(F)F)cc1. The maximum Gasteiger partial charge on any atom is 0.416 e. The third-order valence-electron chi connectivity index (χ3n) is 2.98. The highest BCUT2D eigenvalue weighted by molar-refractivity contribution is 6.05. The summed E-state index contributed by atoms with van der Waals surface area (Å²) in [6.45, 7) is 0.840. The number of aromatic nitrogens is 2. The Balaban J connectivity index is 2.09. The van der Waals surface area contributed by atoms with E-state index in [1.54, 1.807) is 0 Å². The molecule has 0 bridgehead atoms. The van der Waals surface area contributed by atoms with E-state index in [4.69, 9.17) is 4.74 Å². The second kappa shape index (κ2) is 7.73. The molecule has 0 fully saturated rings. The Labute approximate surface area is 136 Å². The minimum Gasteiger partial charge on any atom is -0.383 e. The number of nitrogens with one attached hydrogen (secondary N) is 2. The van der Waals surface area contributed by atoms with Gasteiger partial charge in [-0.3, -0.25) is 4.79 Å². The molecular weight excluding hydrogens is 325 g/mol. The van der Waals surface area contributed by atoms with Gasteiger partial charge in [0.2, 0.25) is 0 Å². The monoisotopic (exact) mass is 340 g/mol. The van der Waals surface area contributed by atoms with Crippen molar-refractivity contribution in [1.29, 1.82) is 0 Å². The van der Waals surface area contributed by atoms with Crippen molar-refractivity contribution in [2.75, 3.05) is 30.9 Å². The minimum absolute atomic E-state index is 0.0356. The van der Waals surface area contributed by atoms with Crippen molar-refractivity contribution >= 4 is 17.4 Å². The van der Waals surface area contributed by atoms with Gasteiger partial charge < -0.3 is 15.4 Å². The van der Waals surface area contributed by atoms with Crippen LogP contribution >= 0.6 is 0 Å². The van der Waals surface area contributed by atoms with Crippen LogP contribution in [0.5, 0.6) is 0 Å². The lowest BCUT2D eigenvalue weighted by Crippen LogP contribution is -2.19. The Kier molecular flexibility index (Phi) is 5.69. The zero-order valence-electron chi connectivity index (χ0n) is 12.7. The second-order valence-corrected chi connectivity index (χ2v) is 4.70. The number of nitrogens with zero attached hydrogens (tertiary/aromatic N) is 2. The van der Waals surface area contributed by atoms with Gasteiger partial charge in [-0.2, -0.15) is 13.2 Å². The van der Waals surface area contributed by atoms with Gasteiger partial charge >= 0.3 is 6.18 Å². The largest absolute Gasteiger partial charge is 0.416 e. The molecule has 0 unspecified atom stereocenters. The van der Waals surface area contributed by atoms with Crippen LogP contribution in [0.2, 0.25) is 0 Å². The van der Waals surface area contributed by atoms with E-state index >= 15 is 0 Å². The van der Waals surface area contributed by atoms with Gasteiger partial charge in [0.15, 0.2) is 11.5 Å². The Morgan fingerprint density at radius 3 is 2.46 bits per heavy atom. The Hall–Kier alpha value is -2.68. The number of hydrogen-bond acceptors (Lipinski definition) is 5. The molecule has 2 aromatic rings. The van der Waals surface area contributed by atoms with Crippen molar-refractivity contribution < 1.29 is 22.7 Å². The summed E-state index contributed by atoms with van der Waals surface area (Å²) in [5, 5.41) is 5.39. The van der Waals surface area contributed by atoms with Crippen LogP contribution in [-0.4, -0.2) is 36.1 Å². The quantitative estimate of drug-likeness (QED) is 0.791. The van der Waals surface area contributed by atoms with Crippen molar-refractivity contribution in [3.63, 3.8) is 0 Å². The van der Waals surface area contributed by atoms with Crippen molar-refractivity contribution in [3.8, 4) is 0 Å². The number of methoxy groups -OCH3 is 1. The number of ether oxygens (including phenoxy) is 1. The molecule has 0 atom stereocenters. The van der Waals surface area contributed by atoms with E-state index in [1.165, 1.54) is 31.6 Å². The zero-order chi connectivity index (χ0) is 17.6. The summed E-state index contributed by atoms with van der Waals surface area (Å²) in [6.07, 6.45) is -1.65. The fraction of sp³-hybridized carbons (Fsp3) is 0.267. The van der Waals surface area contributed by atoms with Gasteiger partial charge in [0.25, 0.3) is 5.91 Å². The highest BCUT2D eigenvalue weighted by atomic mass is 19.4. The lowest BCUT2D eigenvalue weighted by Gasteiger charge is -2.11. The van der Waals surface area contributed by atoms with Crippen molar-refractivity contribution in [1.82, 2.24) is 9.97 Å². The highest BCUT2D eigenvalue weighted by Gasteiger charge is 2.30. The van der Waals surface area contributed by atoms with E-state index in [0.717, 1.165) is 12.1 Å². The molecule has 0 aliphatic rings. The molecule has 0 aliphatic heterocycles. The highest BCUT2D eigenvalue weighted by Crippen LogP contribution is 2.29. The number of benzene rings is 1. The number of anilines is 2. The summed E-state index contributed by atoms with van der Waals surface area (Å²) in [4.78, 5) is 20.2. The summed E-state index contributed by atoms with van der Waals surface area (Å²) < 4.78 is 42.5. The van der Waals surface area contributed by atoms with E-state index in [1.807, 2.05) is 0 Å². The van der Waals surface area contributed by atoms with Crippen molar-refractivity contribution in [2.45, 2.75) is 6.18 Å². The van der Waals surface area contributed by atoms with Crippen LogP contribution in [0.25, 0.3) is 0 Å². The molecule has 0 saturated heterocycles. The van der Waals surface area contributed by atoms with Crippen LogP contribution in [0.3, 0.4) is 0 Å². The minimum atomic E-state index is -4.42. The summed E-state index contributed by atoms with van der Waals surface area (Å²) in [5.74, 6) is -0.318. The smallest absolute Gasteiger partial charge is 0.383 e. The molecule has 1 aromatic heterocycles. The number of rotatable bonds is 6. The van der Waals surface area contributed by atoms with E-state index < -0.39 is 17.6 Å². The van der Waals surface area contributed by atoms with E-state index in [-0.39, 0.29) is 17.2 Å². The predicted molar refractivity (Wildman–Crippen MR) is 81.8 cm³/mol. The molecule has 0 saturated carbocycles. The van der Waals surface area contributed by atoms with Gasteiger partial charge in [0, 0.05) is 31.7 Å². The fourth-order valence-electron chi connectivity index (χ4n) is 1.84. The van der Waals surface area contributed by atoms with Crippen LogP contribution in [0, 0.1) is 0 Å². The molecule has 2 rings (SSSR count). The van der Waals surface area contributed by atoms with Crippen LogP contribution in [0.15, 0.2) is 36.7 Å². The molecule has 0 spiro atoms. The summed E-state index contributed by atoms with van der Waals surface area (Å²) >= 11 is 0. The normalized spacial score (nSPS) is 11.2. The maximum atomic E-state index is 12.5. The summed E-state index contributed by atoms with van der Waals surface area (Å²) in [7, 11) is 1.54. The van der Waals surface area contributed by atoms with Crippen molar-refractivity contribution in [3.05, 3.63) is 47.9 Å². The first-order valence-corrected chi connectivity index (χ1v) is 6.94. The lowest BCUT2D eigenvalue weighted by atomic mass is 10.2. The molecule has 6 nitrogen and oxygen atoms in total. The zero-order valence-corrected chi connectivity index (χ0v) is 12.7. The van der Waals surface area contributed by atoms with Gasteiger partial charge in [-0.1, -0.05) is 0 Å². The van der Waals surface area contributed by atoms with Crippen LogP contribution in [0.4, 0.5) is 24.7 Å². The first kappa shape index (κ1) is 17.7. The summed E-state index contributed by atoms with van der Waals surface area (Å²) in [5.41, 5.74) is -0.531. The van der Waals surface area contributed by atoms with E-state index in [2.05, 4.69) is 20.6 Å². The third-order valence-corrected chi connectivity index (χ3v) is 2.98. The van der Waals surface area contributed by atoms with Crippen LogP contribution in [0.1, 0.15) is 16.1 Å². The van der Waals surface area contributed by atoms with Gasteiger partial charge in [0.1, 0.15) is 0 Å². The molecule has 1 amide bonds. The van der Waals surface area contributed by atoms with Crippen LogP contribution < -0.4 is 10.6 Å². The van der Waals surface area contributed by atoms with E-state index in [0.29, 0.717) is 13.2 Å². The third kappa shape index (κ3) is 4.66. The van der Waals surface area contributed by atoms with Crippen molar-refractivity contribution in [2.24, 2.45) is 0 Å². The van der Waals surface area contributed by atoms with E-state index in [9.17, 15) is 18.0 Å². The standard InChI is InChI=1S/C15H15F3N4O2/c1-24-9-8-21-13-12(19-6-7-20-13)14(23)22-11-4-2-10(3-5-11)15(16,17)18/h2-7H,8-9H2,1H3,(H,20,21)(H,22,23). The Morgan fingerprint density at radius 2 is 1.83 bits per heavy atom. The molecule has 24 heavy (non-hydrogen) atoms. The number of alkyl halides is 3. The lowest BCUT2D eigenvalue weighted by molar-refractivity contribution is -0.137. The molecule has 0 aliphatic carbocycles. The predicted octanol–water partition coefficient (Wildman–Crippen LogP) is 2.81. The van der Waals surface area contributed by atoms with Gasteiger partial charge in [-0.25, -0.2) is 9.97 Å². The van der Waals surface area contributed by atoms with Crippen LogP contribution in [-0.2, 0) is 10.9 Å². The number of carbonyl (C=O) groups excluding carboxylic acids is 1. The fourth-order valence-corrected chi connectivity index (χ4v) is 1.84. The first-order valence-electron chi connectivity index (χ1n) is 6.94. The average molecular weight is 340 g/mol. The first-order chi connectivity index (χ1) is 11.4. The number of amides is 1. The Morgan fingerprint density at radius 1 is 1.17 bits per heavy atom. The molecular formula is C15H15F3N4O2. The summed E-state index contributed by atoms with van der Waals surface area (Å²) in [6, 6.07) is 4.14. The van der Waals surface area contributed by atoms with Gasteiger partial charge in [0.05, 0.1) is 12.2 Å². The Bertz CT molecular complexity index is 690. The number of hydrogen-bond donors (Lipinski definition) is 2. The molecule has 2 N–H and O–H groups in total. The molecule has 1 aromatic carbocycles. The molecule has 0 radical (unpaired) electrons. The van der Waals surface area contributed by atoms with Gasteiger partial charge in [-0.05, 0) is 24.3 Å². The maximum absolute atomic E-state index is 12.5. The van der Waals surface area contributed by atoms with Gasteiger partial charge in [-0.15, -0.1) is 0 Å². The molecule has 1 heterocycles. The average Bonchev–Trinajstić information content (AvgIpc) is 2.55. The molecule has 9 heteroatoms. The number of halogens is 3. The second-order valence-electron chi connectivity index (χ2n) is 4.70.